The van der Waals surface area contributed by atoms with E-state index in [2.05, 4.69) is 38.1 Å². The molecule has 3 rings (SSSR count). The zero-order valence-corrected chi connectivity index (χ0v) is 12.0. The summed E-state index contributed by atoms with van der Waals surface area (Å²) in [7, 11) is 0. The van der Waals surface area contributed by atoms with Crippen molar-refractivity contribution in [2.45, 2.75) is 63.1 Å². The summed E-state index contributed by atoms with van der Waals surface area (Å²) in [5.74, 6) is 0.659. The third-order valence-corrected chi connectivity index (χ3v) is 4.73. The van der Waals surface area contributed by atoms with Crippen LogP contribution in [-0.4, -0.2) is 17.3 Å². The Morgan fingerprint density at radius 1 is 1.21 bits per heavy atom. The minimum absolute atomic E-state index is 0.236. The molecule has 1 unspecified atom stereocenters. The molecule has 2 aliphatic rings. The number of hydrogen-bond donors (Lipinski definition) is 1. The van der Waals surface area contributed by atoms with Crippen LogP contribution in [0.3, 0.4) is 0 Å². The highest BCUT2D eigenvalue weighted by molar-refractivity contribution is 5.36. The van der Waals surface area contributed by atoms with E-state index in [1.165, 1.54) is 24.8 Å². The molecule has 1 heterocycles. The average Bonchev–Trinajstić information content (AvgIpc) is 2.25. The number of rotatable bonds is 2. The van der Waals surface area contributed by atoms with Crippen LogP contribution in [0.1, 0.15) is 63.0 Å². The summed E-state index contributed by atoms with van der Waals surface area (Å²) >= 11 is 0. The summed E-state index contributed by atoms with van der Waals surface area (Å²) in [6.45, 7) is 4.79. The van der Waals surface area contributed by atoms with E-state index in [1.54, 1.807) is 0 Å². The molecule has 1 aromatic carbocycles. The maximum atomic E-state index is 11.1. The molecule has 1 aromatic rings. The lowest BCUT2D eigenvalue weighted by molar-refractivity contribution is -0.148. The first-order valence-electron chi connectivity index (χ1n) is 7.46. The van der Waals surface area contributed by atoms with Crippen LogP contribution >= 0.6 is 0 Å². The van der Waals surface area contributed by atoms with Gasteiger partial charge in [0, 0.05) is 12.8 Å². The lowest BCUT2D eigenvalue weighted by Crippen LogP contribution is -2.44. The molecule has 1 aliphatic heterocycles. The highest BCUT2D eigenvalue weighted by atomic mass is 16.5. The van der Waals surface area contributed by atoms with Crippen molar-refractivity contribution in [1.82, 2.24) is 0 Å². The van der Waals surface area contributed by atoms with Crippen molar-refractivity contribution in [3.8, 4) is 0 Å². The largest absolute Gasteiger partial charge is 0.385 e. The smallest absolute Gasteiger partial charge is 0.0948 e. The molecule has 19 heavy (non-hydrogen) atoms. The van der Waals surface area contributed by atoms with Gasteiger partial charge in [-0.1, -0.05) is 30.7 Å². The van der Waals surface area contributed by atoms with E-state index in [0.29, 0.717) is 25.4 Å². The molecule has 104 valence electrons. The summed E-state index contributed by atoms with van der Waals surface area (Å²) < 4.78 is 5.76. The SMILES string of the molecule is CC1(C)CC(O)(c2ccccc2C2CCC2)CCO1. The van der Waals surface area contributed by atoms with Crippen molar-refractivity contribution in [2.75, 3.05) is 6.61 Å². The first-order chi connectivity index (χ1) is 9.00. The van der Waals surface area contributed by atoms with Crippen LogP contribution in [-0.2, 0) is 10.3 Å². The first-order valence-corrected chi connectivity index (χ1v) is 7.46. The van der Waals surface area contributed by atoms with Gasteiger partial charge in [0.2, 0.25) is 0 Å². The minimum Gasteiger partial charge on any atom is -0.385 e. The van der Waals surface area contributed by atoms with Gasteiger partial charge in [-0.15, -0.1) is 0 Å². The van der Waals surface area contributed by atoms with Gasteiger partial charge in [-0.3, -0.25) is 0 Å². The fourth-order valence-electron chi connectivity index (χ4n) is 3.57. The van der Waals surface area contributed by atoms with Crippen LogP contribution in [0.25, 0.3) is 0 Å². The van der Waals surface area contributed by atoms with Crippen molar-refractivity contribution in [2.24, 2.45) is 0 Å². The van der Waals surface area contributed by atoms with Gasteiger partial charge in [-0.05, 0) is 43.7 Å². The predicted molar refractivity (Wildman–Crippen MR) is 76.2 cm³/mol. The second-order valence-electron chi connectivity index (χ2n) is 6.78. The van der Waals surface area contributed by atoms with Gasteiger partial charge in [-0.25, -0.2) is 0 Å². The van der Waals surface area contributed by atoms with E-state index in [1.807, 2.05) is 0 Å². The van der Waals surface area contributed by atoms with Gasteiger partial charge in [0.15, 0.2) is 0 Å². The number of hydrogen-bond acceptors (Lipinski definition) is 2. The van der Waals surface area contributed by atoms with Crippen molar-refractivity contribution in [3.63, 3.8) is 0 Å². The Morgan fingerprint density at radius 2 is 1.95 bits per heavy atom. The van der Waals surface area contributed by atoms with Crippen molar-refractivity contribution in [1.29, 1.82) is 0 Å². The molecule has 0 aromatic heterocycles. The summed E-state index contributed by atoms with van der Waals surface area (Å²) in [5.41, 5.74) is 1.57. The first kappa shape index (κ1) is 13.1. The highest BCUT2D eigenvalue weighted by Gasteiger charge is 2.42. The summed E-state index contributed by atoms with van der Waals surface area (Å²) in [4.78, 5) is 0. The molecular formula is C17H24O2. The Kier molecular flexibility index (Phi) is 3.18. The molecule has 0 amide bonds. The molecule has 0 bridgehead atoms. The standard InChI is InChI=1S/C17H24O2/c1-16(2)12-17(18,10-11-19-16)15-9-4-3-8-14(15)13-6-5-7-13/h3-4,8-9,13,18H,5-7,10-12H2,1-2H3. The van der Waals surface area contributed by atoms with Crippen molar-refractivity contribution >= 4 is 0 Å². The third kappa shape index (κ3) is 2.44. The van der Waals surface area contributed by atoms with E-state index in [0.717, 1.165) is 5.56 Å². The van der Waals surface area contributed by atoms with Crippen molar-refractivity contribution in [3.05, 3.63) is 35.4 Å². The molecule has 2 fully saturated rings. The zero-order valence-electron chi connectivity index (χ0n) is 12.0. The maximum absolute atomic E-state index is 11.1. The number of benzene rings is 1. The lowest BCUT2D eigenvalue weighted by atomic mass is 9.71. The fourth-order valence-corrected chi connectivity index (χ4v) is 3.57. The highest BCUT2D eigenvalue weighted by Crippen LogP contribution is 2.45. The molecular weight excluding hydrogens is 236 g/mol. The minimum atomic E-state index is -0.714. The quantitative estimate of drug-likeness (QED) is 0.878. The Balaban J connectivity index is 1.96. The summed E-state index contributed by atoms with van der Waals surface area (Å²) in [5, 5.41) is 11.1. The van der Waals surface area contributed by atoms with Gasteiger partial charge < -0.3 is 9.84 Å². The number of aliphatic hydroxyl groups is 1. The van der Waals surface area contributed by atoms with Crippen molar-refractivity contribution < 1.29 is 9.84 Å². The van der Waals surface area contributed by atoms with E-state index in [-0.39, 0.29) is 5.60 Å². The van der Waals surface area contributed by atoms with Gasteiger partial charge >= 0.3 is 0 Å². The second-order valence-corrected chi connectivity index (χ2v) is 6.78. The van der Waals surface area contributed by atoms with Crippen LogP contribution in [0.2, 0.25) is 0 Å². The van der Waals surface area contributed by atoms with E-state index in [9.17, 15) is 5.11 Å². The number of ether oxygens (including phenoxy) is 1. The molecule has 0 radical (unpaired) electrons. The maximum Gasteiger partial charge on any atom is 0.0948 e. The molecule has 2 heteroatoms. The Labute approximate surface area is 115 Å². The molecule has 0 spiro atoms. The Hall–Kier alpha value is -0.860. The summed E-state index contributed by atoms with van der Waals surface area (Å²) in [6, 6.07) is 8.48. The fraction of sp³-hybridized carbons (Fsp3) is 0.647. The monoisotopic (exact) mass is 260 g/mol. The second kappa shape index (κ2) is 4.60. The Bertz CT molecular complexity index is 462. The molecule has 2 nitrogen and oxygen atoms in total. The zero-order chi connectivity index (χ0) is 13.5. The van der Waals surface area contributed by atoms with Crippen LogP contribution in [0.15, 0.2) is 24.3 Å². The van der Waals surface area contributed by atoms with Crippen LogP contribution in [0.4, 0.5) is 0 Å². The molecule has 1 saturated heterocycles. The third-order valence-electron chi connectivity index (χ3n) is 4.73. The lowest BCUT2D eigenvalue weighted by Gasteiger charge is -2.43. The van der Waals surface area contributed by atoms with E-state index in [4.69, 9.17) is 4.74 Å². The predicted octanol–water partition coefficient (Wildman–Crippen LogP) is 3.73. The molecule has 1 saturated carbocycles. The van der Waals surface area contributed by atoms with E-state index < -0.39 is 5.60 Å². The van der Waals surface area contributed by atoms with Gasteiger partial charge in [0.05, 0.1) is 17.8 Å². The van der Waals surface area contributed by atoms with Gasteiger partial charge in [0.25, 0.3) is 0 Å². The molecule has 1 N–H and O–H groups in total. The average molecular weight is 260 g/mol. The topological polar surface area (TPSA) is 29.5 Å². The van der Waals surface area contributed by atoms with E-state index >= 15 is 0 Å². The van der Waals surface area contributed by atoms with Crippen LogP contribution in [0.5, 0.6) is 0 Å². The Morgan fingerprint density at radius 3 is 2.58 bits per heavy atom. The van der Waals surface area contributed by atoms with Crippen LogP contribution in [0, 0.1) is 0 Å². The van der Waals surface area contributed by atoms with Gasteiger partial charge in [-0.2, -0.15) is 0 Å². The van der Waals surface area contributed by atoms with Gasteiger partial charge in [0.1, 0.15) is 0 Å². The summed E-state index contributed by atoms with van der Waals surface area (Å²) in [6.07, 6.45) is 5.26. The molecule has 1 aliphatic carbocycles. The normalized spacial score (nSPS) is 30.9. The molecule has 1 atom stereocenters. The van der Waals surface area contributed by atoms with Crippen LogP contribution < -0.4 is 0 Å².